The molecule has 1 amide bonds. The molecule has 0 saturated carbocycles. The summed E-state index contributed by atoms with van der Waals surface area (Å²) in [5.41, 5.74) is 3.10. The van der Waals surface area contributed by atoms with Crippen LogP contribution in [0.1, 0.15) is 12.2 Å². The quantitative estimate of drug-likeness (QED) is 0.486. The van der Waals surface area contributed by atoms with Crippen molar-refractivity contribution >= 4 is 34.0 Å². The van der Waals surface area contributed by atoms with Crippen LogP contribution in [0.25, 0.3) is 22.0 Å². The zero-order valence-electron chi connectivity index (χ0n) is 16.3. The molecule has 4 aromatic rings. The molecule has 3 aromatic carbocycles. The van der Waals surface area contributed by atoms with Gasteiger partial charge in [0.15, 0.2) is 12.2 Å². The van der Waals surface area contributed by atoms with Gasteiger partial charge in [-0.3, -0.25) is 4.79 Å². The van der Waals surface area contributed by atoms with E-state index in [-0.39, 0.29) is 18.3 Å². The van der Waals surface area contributed by atoms with Crippen LogP contribution >= 0.6 is 11.6 Å². The Labute approximate surface area is 186 Å². The maximum atomic E-state index is 12.9. The van der Waals surface area contributed by atoms with E-state index >= 15 is 0 Å². The molecule has 4 nitrogen and oxygen atoms in total. The van der Waals surface area contributed by atoms with Crippen LogP contribution in [0.5, 0.6) is 0 Å². The van der Waals surface area contributed by atoms with Gasteiger partial charge in [0.05, 0.1) is 13.0 Å². The largest absolute Gasteiger partial charge is 1.00 e. The number of nitrogens with one attached hydrogen (secondary N) is 1. The van der Waals surface area contributed by atoms with Crippen LogP contribution in [-0.4, -0.2) is 10.5 Å². The molecular formula is C24H21Cl2N3O. The van der Waals surface area contributed by atoms with E-state index in [0.29, 0.717) is 6.54 Å². The smallest absolute Gasteiger partial charge is 0.266 e. The first-order chi connectivity index (χ1) is 14.2. The van der Waals surface area contributed by atoms with E-state index in [9.17, 15) is 4.79 Å². The molecule has 0 bridgehead atoms. The number of aromatic nitrogens is 2. The lowest BCUT2D eigenvalue weighted by atomic mass is 10.1. The maximum absolute atomic E-state index is 12.9. The van der Waals surface area contributed by atoms with Crippen molar-refractivity contribution in [3.8, 4) is 11.3 Å². The van der Waals surface area contributed by atoms with Gasteiger partial charge in [-0.05, 0) is 42.1 Å². The Hall–Kier alpha value is -2.82. The number of hydrogen-bond donors (Lipinski definition) is 1. The number of halogens is 2. The molecule has 30 heavy (non-hydrogen) atoms. The third kappa shape index (κ3) is 3.81. The Morgan fingerprint density at radius 1 is 1.03 bits per heavy atom. The second kappa shape index (κ2) is 8.50. The van der Waals surface area contributed by atoms with Crippen LogP contribution in [0.2, 0.25) is 5.02 Å². The van der Waals surface area contributed by atoms with Gasteiger partial charge in [-0.15, -0.1) is 0 Å². The third-order valence-corrected chi connectivity index (χ3v) is 5.76. The highest BCUT2D eigenvalue weighted by molar-refractivity contribution is 6.30. The number of benzene rings is 3. The Kier molecular flexibility index (Phi) is 5.80. The van der Waals surface area contributed by atoms with Crippen LogP contribution in [-0.2, 0) is 24.3 Å². The minimum atomic E-state index is -0.0192. The topological polar surface area (TPSA) is 37.9 Å². The normalized spacial score (nSPS) is 12.4. The van der Waals surface area contributed by atoms with Crippen molar-refractivity contribution in [1.29, 1.82) is 0 Å². The molecule has 1 N–H and O–H groups in total. The average molecular weight is 438 g/mol. The van der Waals surface area contributed by atoms with Gasteiger partial charge in [0.25, 0.3) is 11.7 Å². The molecule has 0 spiro atoms. The summed E-state index contributed by atoms with van der Waals surface area (Å²) >= 11 is 6.04. The molecule has 1 aromatic heterocycles. The Morgan fingerprint density at radius 2 is 1.80 bits per heavy atom. The number of imidazole rings is 1. The molecule has 1 aliphatic heterocycles. The van der Waals surface area contributed by atoms with E-state index in [1.807, 2.05) is 54.6 Å². The van der Waals surface area contributed by atoms with Crippen LogP contribution in [0.15, 0.2) is 72.9 Å². The molecule has 0 fully saturated rings. The van der Waals surface area contributed by atoms with E-state index in [1.165, 1.54) is 5.82 Å². The van der Waals surface area contributed by atoms with Crippen molar-refractivity contribution in [2.24, 2.45) is 0 Å². The lowest BCUT2D eigenvalue weighted by Crippen LogP contribution is -3.00. The van der Waals surface area contributed by atoms with E-state index in [4.69, 9.17) is 11.6 Å². The lowest BCUT2D eigenvalue weighted by molar-refractivity contribution is -0.690. The summed E-state index contributed by atoms with van der Waals surface area (Å²) in [5.74, 6) is 1.18. The molecule has 1 aliphatic rings. The second-order valence-corrected chi connectivity index (χ2v) is 7.83. The van der Waals surface area contributed by atoms with Crippen molar-refractivity contribution in [3.63, 3.8) is 0 Å². The first-order valence-corrected chi connectivity index (χ1v) is 10.2. The highest BCUT2D eigenvalue weighted by Crippen LogP contribution is 2.26. The fraction of sp³-hybridized carbons (Fsp3) is 0.167. The van der Waals surface area contributed by atoms with Gasteiger partial charge < -0.3 is 17.7 Å². The predicted molar refractivity (Wildman–Crippen MR) is 116 cm³/mol. The van der Waals surface area contributed by atoms with Crippen LogP contribution in [0.4, 0.5) is 5.69 Å². The van der Waals surface area contributed by atoms with Gasteiger partial charge >= 0.3 is 0 Å². The summed E-state index contributed by atoms with van der Waals surface area (Å²) < 4.78 is 4.39. The molecular weight excluding hydrogens is 417 g/mol. The highest BCUT2D eigenvalue weighted by atomic mass is 35.5. The van der Waals surface area contributed by atoms with Gasteiger partial charge in [-0.25, -0.2) is 9.13 Å². The van der Waals surface area contributed by atoms with E-state index in [1.54, 1.807) is 0 Å². The number of rotatable bonds is 4. The van der Waals surface area contributed by atoms with Crippen molar-refractivity contribution in [3.05, 3.63) is 83.8 Å². The third-order valence-electron chi connectivity index (χ3n) is 5.51. The van der Waals surface area contributed by atoms with Crippen molar-refractivity contribution in [1.82, 2.24) is 4.57 Å². The monoisotopic (exact) mass is 437 g/mol. The maximum Gasteiger partial charge on any atom is 0.266 e. The van der Waals surface area contributed by atoms with Crippen molar-refractivity contribution in [2.45, 2.75) is 25.9 Å². The molecule has 0 unspecified atom stereocenters. The molecule has 5 rings (SSSR count). The number of anilines is 1. The second-order valence-electron chi connectivity index (χ2n) is 7.40. The number of carbonyl (C=O) groups excluding carboxylic acids is 1. The zero-order chi connectivity index (χ0) is 19.8. The molecule has 0 aliphatic carbocycles. The summed E-state index contributed by atoms with van der Waals surface area (Å²) in [4.78, 5) is 12.9. The van der Waals surface area contributed by atoms with Crippen LogP contribution in [0, 0.1) is 0 Å². The number of amides is 1. The van der Waals surface area contributed by atoms with Crippen molar-refractivity contribution in [2.75, 3.05) is 5.32 Å². The van der Waals surface area contributed by atoms with Crippen LogP contribution < -0.4 is 22.3 Å². The highest BCUT2D eigenvalue weighted by Gasteiger charge is 2.29. The van der Waals surface area contributed by atoms with E-state index in [0.717, 1.165) is 52.1 Å². The SMILES string of the molecule is O=C(C[n+]1cc(-c2ccc(Cl)cc2)n2c1CCC2)Nc1cccc2ccccc12.[Cl-]. The summed E-state index contributed by atoms with van der Waals surface area (Å²) in [5, 5.41) is 5.99. The fourth-order valence-electron chi connectivity index (χ4n) is 4.18. The first kappa shape index (κ1) is 20.5. The van der Waals surface area contributed by atoms with Gasteiger partial charge in [-0.2, -0.15) is 0 Å². The van der Waals surface area contributed by atoms with Gasteiger partial charge in [0, 0.05) is 21.7 Å². The summed E-state index contributed by atoms with van der Waals surface area (Å²) in [6.45, 7) is 1.28. The molecule has 2 heterocycles. The summed E-state index contributed by atoms with van der Waals surface area (Å²) in [6.07, 6.45) is 4.16. The Bertz CT molecular complexity index is 1210. The minimum absolute atomic E-state index is 0. The number of hydrogen-bond acceptors (Lipinski definition) is 1. The molecule has 6 heteroatoms. The van der Waals surface area contributed by atoms with E-state index < -0.39 is 0 Å². The van der Waals surface area contributed by atoms with Gasteiger partial charge in [-0.1, -0.05) is 48.0 Å². The van der Waals surface area contributed by atoms with Gasteiger partial charge in [0.2, 0.25) is 0 Å². The predicted octanol–water partition coefficient (Wildman–Crippen LogP) is 1.84. The van der Waals surface area contributed by atoms with E-state index in [2.05, 4.69) is 32.8 Å². The molecule has 0 radical (unpaired) electrons. The number of carbonyl (C=O) groups is 1. The summed E-state index contributed by atoms with van der Waals surface area (Å²) in [6, 6.07) is 21.9. The fourth-order valence-corrected chi connectivity index (χ4v) is 4.30. The Morgan fingerprint density at radius 3 is 2.63 bits per heavy atom. The molecule has 0 atom stereocenters. The van der Waals surface area contributed by atoms with Gasteiger partial charge in [0.1, 0.15) is 6.20 Å². The molecule has 152 valence electrons. The average Bonchev–Trinajstić information content (AvgIpc) is 3.33. The zero-order valence-corrected chi connectivity index (χ0v) is 17.8. The molecule has 0 saturated heterocycles. The lowest BCUT2D eigenvalue weighted by Gasteiger charge is -2.08. The van der Waals surface area contributed by atoms with Crippen molar-refractivity contribution < 1.29 is 21.8 Å². The number of fused-ring (bicyclic) bond motifs is 2. The standard InChI is InChI=1S/C24H20ClN3O.ClH/c25-19-12-10-18(11-13-19)22-15-27(24-9-4-14-28(22)24)16-23(29)26-21-8-3-6-17-5-1-2-7-20(17)21;/h1-3,5-8,10-13,15H,4,9,14,16H2;1H. The Balaban J connectivity index is 0.00000218. The van der Waals surface area contributed by atoms with Crippen LogP contribution in [0.3, 0.4) is 0 Å². The minimum Gasteiger partial charge on any atom is -1.00 e. The first-order valence-electron chi connectivity index (χ1n) is 9.84. The summed E-state index contributed by atoms with van der Waals surface area (Å²) in [7, 11) is 0. The number of nitrogens with zero attached hydrogens (tertiary/aromatic N) is 2.